The van der Waals surface area contributed by atoms with Gasteiger partial charge in [-0.15, -0.1) is 0 Å². The van der Waals surface area contributed by atoms with Crippen molar-refractivity contribution < 1.29 is 4.79 Å². The van der Waals surface area contributed by atoms with Crippen LogP contribution < -0.4 is 10.6 Å². The molecule has 1 aliphatic heterocycles. The maximum Gasteiger partial charge on any atom is 0.274 e. The van der Waals surface area contributed by atoms with Crippen molar-refractivity contribution in [2.45, 2.75) is 0 Å². The SMILES string of the molecule is Nc1cn[nH]c1C(=O)N1CCN(c2cnccn2)CC1. The number of nitrogens with two attached hydrogens (primary N) is 1. The fraction of sp³-hybridized carbons (Fsp3) is 0.333. The van der Waals surface area contributed by atoms with Crippen molar-refractivity contribution in [2.24, 2.45) is 0 Å². The fourth-order valence-electron chi connectivity index (χ4n) is 2.22. The van der Waals surface area contributed by atoms with Gasteiger partial charge in [0, 0.05) is 38.6 Å². The van der Waals surface area contributed by atoms with Crippen molar-refractivity contribution in [3.05, 3.63) is 30.5 Å². The Morgan fingerprint density at radius 2 is 2.00 bits per heavy atom. The number of aromatic amines is 1. The summed E-state index contributed by atoms with van der Waals surface area (Å²) in [6.07, 6.45) is 6.48. The van der Waals surface area contributed by atoms with Crippen LogP contribution in [0, 0.1) is 0 Å². The van der Waals surface area contributed by atoms with Crippen LogP contribution in [0.25, 0.3) is 0 Å². The molecule has 1 aliphatic rings. The highest BCUT2D eigenvalue weighted by Gasteiger charge is 2.24. The number of carbonyl (C=O) groups excluding carboxylic acids is 1. The minimum absolute atomic E-state index is 0.112. The minimum Gasteiger partial charge on any atom is -0.396 e. The number of piperazine rings is 1. The van der Waals surface area contributed by atoms with E-state index in [0.717, 1.165) is 18.9 Å². The van der Waals surface area contributed by atoms with E-state index in [1.54, 1.807) is 23.5 Å². The summed E-state index contributed by atoms with van der Waals surface area (Å²) in [6, 6.07) is 0. The molecular formula is C12H15N7O. The van der Waals surface area contributed by atoms with Crippen LogP contribution in [0.3, 0.4) is 0 Å². The Morgan fingerprint density at radius 1 is 1.20 bits per heavy atom. The standard InChI is InChI=1S/C12H15N7O/c13-9-7-16-17-11(9)12(20)19-5-3-18(4-6-19)10-8-14-1-2-15-10/h1-2,7-8H,3-6,13H2,(H,16,17). The number of aromatic nitrogens is 4. The summed E-state index contributed by atoms with van der Waals surface area (Å²) in [7, 11) is 0. The van der Waals surface area contributed by atoms with Gasteiger partial charge in [0.1, 0.15) is 11.5 Å². The third kappa shape index (κ3) is 2.27. The summed E-state index contributed by atoms with van der Waals surface area (Å²) in [5.41, 5.74) is 6.44. The summed E-state index contributed by atoms with van der Waals surface area (Å²) in [5.74, 6) is 0.722. The van der Waals surface area contributed by atoms with Crippen LogP contribution in [0.2, 0.25) is 0 Å². The Labute approximate surface area is 115 Å². The van der Waals surface area contributed by atoms with E-state index in [9.17, 15) is 4.79 Å². The zero-order chi connectivity index (χ0) is 13.9. The number of carbonyl (C=O) groups is 1. The lowest BCUT2D eigenvalue weighted by Crippen LogP contribution is -2.49. The van der Waals surface area contributed by atoms with Crippen LogP contribution in [0.15, 0.2) is 24.8 Å². The molecule has 0 atom stereocenters. The normalized spacial score (nSPS) is 15.4. The second-order valence-electron chi connectivity index (χ2n) is 4.54. The molecule has 104 valence electrons. The first-order chi connectivity index (χ1) is 9.75. The van der Waals surface area contributed by atoms with E-state index in [1.165, 1.54) is 6.20 Å². The topological polar surface area (TPSA) is 104 Å². The van der Waals surface area contributed by atoms with Crippen molar-refractivity contribution in [1.82, 2.24) is 25.1 Å². The van der Waals surface area contributed by atoms with Gasteiger partial charge in [0.2, 0.25) is 0 Å². The first kappa shape index (κ1) is 12.4. The summed E-state index contributed by atoms with van der Waals surface area (Å²) < 4.78 is 0. The van der Waals surface area contributed by atoms with Gasteiger partial charge in [0.05, 0.1) is 18.1 Å². The van der Waals surface area contributed by atoms with Gasteiger partial charge in [-0.1, -0.05) is 0 Å². The second-order valence-corrected chi connectivity index (χ2v) is 4.54. The predicted octanol–water partition coefficient (Wildman–Crippen LogP) is -0.256. The number of amides is 1. The van der Waals surface area contributed by atoms with E-state index >= 15 is 0 Å². The van der Waals surface area contributed by atoms with Crippen LogP contribution >= 0.6 is 0 Å². The molecule has 1 fully saturated rings. The van der Waals surface area contributed by atoms with Gasteiger partial charge >= 0.3 is 0 Å². The molecule has 8 nitrogen and oxygen atoms in total. The highest BCUT2D eigenvalue weighted by Crippen LogP contribution is 2.15. The average molecular weight is 273 g/mol. The van der Waals surface area contributed by atoms with Crippen LogP contribution in [0.4, 0.5) is 11.5 Å². The zero-order valence-electron chi connectivity index (χ0n) is 10.9. The van der Waals surface area contributed by atoms with Crippen molar-refractivity contribution in [3.8, 4) is 0 Å². The molecule has 3 heterocycles. The molecule has 0 spiro atoms. The van der Waals surface area contributed by atoms with Gasteiger partial charge in [-0.25, -0.2) is 4.98 Å². The molecule has 0 saturated carbocycles. The number of anilines is 2. The molecule has 3 rings (SSSR count). The monoisotopic (exact) mass is 273 g/mol. The molecule has 0 aromatic carbocycles. The first-order valence-corrected chi connectivity index (χ1v) is 6.35. The van der Waals surface area contributed by atoms with Gasteiger partial charge in [-0.2, -0.15) is 5.10 Å². The Morgan fingerprint density at radius 3 is 2.60 bits per heavy atom. The van der Waals surface area contributed by atoms with Gasteiger partial charge in [-0.05, 0) is 0 Å². The lowest BCUT2D eigenvalue weighted by Gasteiger charge is -2.35. The van der Waals surface area contributed by atoms with Crippen molar-refractivity contribution in [1.29, 1.82) is 0 Å². The Kier molecular flexibility index (Phi) is 3.20. The number of nitrogens with one attached hydrogen (secondary N) is 1. The molecule has 20 heavy (non-hydrogen) atoms. The molecule has 1 amide bonds. The number of hydrogen-bond acceptors (Lipinski definition) is 6. The second kappa shape index (κ2) is 5.16. The smallest absolute Gasteiger partial charge is 0.274 e. The average Bonchev–Trinajstić information content (AvgIpc) is 2.94. The maximum absolute atomic E-state index is 12.3. The molecule has 2 aromatic rings. The van der Waals surface area contributed by atoms with Crippen molar-refractivity contribution >= 4 is 17.4 Å². The lowest BCUT2D eigenvalue weighted by molar-refractivity contribution is 0.0741. The molecular weight excluding hydrogens is 258 g/mol. The van der Waals surface area contributed by atoms with Gasteiger partial charge in [0.15, 0.2) is 0 Å². The largest absolute Gasteiger partial charge is 0.396 e. The molecule has 1 saturated heterocycles. The summed E-state index contributed by atoms with van der Waals surface area (Å²) in [5, 5.41) is 6.42. The van der Waals surface area contributed by atoms with E-state index < -0.39 is 0 Å². The fourth-order valence-corrected chi connectivity index (χ4v) is 2.22. The maximum atomic E-state index is 12.3. The van der Waals surface area contributed by atoms with Gasteiger partial charge in [0.25, 0.3) is 5.91 Å². The van der Waals surface area contributed by atoms with Gasteiger partial charge in [-0.3, -0.25) is 14.9 Å². The first-order valence-electron chi connectivity index (χ1n) is 6.35. The third-order valence-corrected chi connectivity index (χ3v) is 3.32. The molecule has 3 N–H and O–H groups in total. The van der Waals surface area contributed by atoms with Crippen LogP contribution in [0.5, 0.6) is 0 Å². The number of hydrogen-bond donors (Lipinski definition) is 2. The molecule has 0 aliphatic carbocycles. The van der Waals surface area contributed by atoms with E-state index in [0.29, 0.717) is 24.5 Å². The van der Waals surface area contributed by atoms with E-state index in [2.05, 4.69) is 25.1 Å². The zero-order valence-corrected chi connectivity index (χ0v) is 10.9. The number of nitrogen functional groups attached to an aromatic ring is 1. The molecule has 0 unspecified atom stereocenters. The Balaban J connectivity index is 1.64. The highest BCUT2D eigenvalue weighted by atomic mass is 16.2. The molecule has 2 aromatic heterocycles. The molecule has 8 heteroatoms. The molecule has 0 radical (unpaired) electrons. The Hall–Kier alpha value is -2.64. The van der Waals surface area contributed by atoms with Gasteiger partial charge < -0.3 is 15.5 Å². The Bertz CT molecular complexity index is 589. The minimum atomic E-state index is -0.112. The predicted molar refractivity (Wildman–Crippen MR) is 73.1 cm³/mol. The van der Waals surface area contributed by atoms with Crippen molar-refractivity contribution in [3.63, 3.8) is 0 Å². The van der Waals surface area contributed by atoms with E-state index in [4.69, 9.17) is 5.73 Å². The van der Waals surface area contributed by atoms with E-state index in [-0.39, 0.29) is 5.91 Å². The number of rotatable bonds is 2. The number of H-pyrrole nitrogens is 1. The van der Waals surface area contributed by atoms with Crippen LogP contribution in [-0.4, -0.2) is 57.2 Å². The number of nitrogens with zero attached hydrogens (tertiary/aromatic N) is 5. The third-order valence-electron chi connectivity index (χ3n) is 3.32. The molecule has 0 bridgehead atoms. The summed E-state index contributed by atoms with van der Waals surface area (Å²) in [6.45, 7) is 2.68. The van der Waals surface area contributed by atoms with Crippen molar-refractivity contribution in [2.75, 3.05) is 36.8 Å². The summed E-state index contributed by atoms with van der Waals surface area (Å²) in [4.78, 5) is 24.4. The van der Waals surface area contributed by atoms with E-state index in [1.807, 2.05) is 0 Å². The quantitative estimate of drug-likeness (QED) is 0.781. The highest BCUT2D eigenvalue weighted by molar-refractivity contribution is 5.97. The van der Waals surface area contributed by atoms with Crippen LogP contribution in [0.1, 0.15) is 10.5 Å². The summed E-state index contributed by atoms with van der Waals surface area (Å²) >= 11 is 0. The van der Waals surface area contributed by atoms with Crippen LogP contribution in [-0.2, 0) is 0 Å². The lowest BCUT2D eigenvalue weighted by atomic mass is 10.2.